The van der Waals surface area contributed by atoms with Crippen molar-refractivity contribution in [2.45, 2.75) is 13.5 Å². The number of hydrogen-bond acceptors (Lipinski definition) is 4. The molecule has 1 N–H and O–H groups in total. The number of hydrogen-bond donors (Lipinski definition) is 1. The summed E-state index contributed by atoms with van der Waals surface area (Å²) in [5, 5.41) is 3.40. The average Bonchev–Trinajstić information content (AvgIpc) is 2.95. The number of ether oxygens (including phenoxy) is 1. The molecule has 0 aliphatic rings. The van der Waals surface area contributed by atoms with Crippen LogP contribution in [0, 0.1) is 12.7 Å². The molecule has 0 saturated carbocycles. The van der Waals surface area contributed by atoms with Crippen LogP contribution < -0.4 is 5.32 Å². The summed E-state index contributed by atoms with van der Waals surface area (Å²) >= 11 is 3.37. The number of rotatable bonds is 5. The Morgan fingerprint density at radius 2 is 1.92 bits per heavy atom. The van der Waals surface area contributed by atoms with E-state index in [1.54, 1.807) is 25.1 Å². The molecule has 1 heterocycles. The minimum absolute atomic E-state index is 0.0736. The van der Waals surface area contributed by atoms with Crippen LogP contribution in [-0.2, 0) is 16.1 Å². The molecule has 2 aromatic carbocycles. The zero-order valence-corrected chi connectivity index (χ0v) is 15.4. The number of esters is 1. The maximum absolute atomic E-state index is 12.8. The molecule has 3 aromatic rings. The minimum atomic E-state index is -0.702. The summed E-state index contributed by atoms with van der Waals surface area (Å²) in [6.45, 7) is 1.54. The lowest BCUT2D eigenvalue weighted by molar-refractivity contribution is -0.124. The summed E-state index contributed by atoms with van der Waals surface area (Å²) in [6.07, 6.45) is 0. The highest BCUT2D eigenvalue weighted by molar-refractivity contribution is 9.10. The van der Waals surface area contributed by atoms with Gasteiger partial charge in [-0.05, 0) is 42.8 Å². The third-order valence-electron chi connectivity index (χ3n) is 3.82. The molecule has 1 amide bonds. The van der Waals surface area contributed by atoms with Crippen molar-refractivity contribution >= 4 is 38.8 Å². The summed E-state index contributed by atoms with van der Waals surface area (Å²) in [5.41, 5.74) is 1.96. The third-order valence-corrected chi connectivity index (χ3v) is 4.31. The number of aryl methyl sites for hydroxylation is 1. The normalized spacial score (nSPS) is 10.7. The predicted molar refractivity (Wildman–Crippen MR) is 97.2 cm³/mol. The third kappa shape index (κ3) is 4.11. The van der Waals surface area contributed by atoms with E-state index < -0.39 is 18.5 Å². The van der Waals surface area contributed by atoms with Gasteiger partial charge in [0.1, 0.15) is 11.4 Å². The number of furan rings is 1. The van der Waals surface area contributed by atoms with Crippen molar-refractivity contribution in [3.63, 3.8) is 0 Å². The van der Waals surface area contributed by atoms with E-state index in [-0.39, 0.29) is 18.1 Å². The van der Waals surface area contributed by atoms with E-state index in [2.05, 4.69) is 21.2 Å². The number of halogens is 2. The van der Waals surface area contributed by atoms with Crippen molar-refractivity contribution in [1.29, 1.82) is 0 Å². The molecule has 0 atom stereocenters. The number of amides is 1. The van der Waals surface area contributed by atoms with E-state index in [4.69, 9.17) is 9.15 Å². The lowest BCUT2D eigenvalue weighted by Crippen LogP contribution is -2.28. The quantitative estimate of drug-likeness (QED) is 0.631. The van der Waals surface area contributed by atoms with Crippen LogP contribution in [0.2, 0.25) is 0 Å². The van der Waals surface area contributed by atoms with Crippen molar-refractivity contribution < 1.29 is 23.1 Å². The highest BCUT2D eigenvalue weighted by Gasteiger charge is 2.20. The Morgan fingerprint density at radius 3 is 2.65 bits per heavy atom. The summed E-state index contributed by atoms with van der Waals surface area (Å²) in [6, 6.07) is 11.2. The molecule has 3 rings (SSSR count). The second kappa shape index (κ2) is 7.70. The van der Waals surface area contributed by atoms with Gasteiger partial charge in [-0.25, -0.2) is 9.18 Å². The first-order valence-electron chi connectivity index (χ1n) is 7.81. The number of fused-ring (bicyclic) bond motifs is 1. The molecule has 0 fully saturated rings. The molecule has 134 valence electrons. The fourth-order valence-corrected chi connectivity index (χ4v) is 2.80. The van der Waals surface area contributed by atoms with Crippen LogP contribution in [0.25, 0.3) is 11.0 Å². The molecule has 0 bridgehead atoms. The number of nitrogens with one attached hydrogen (secondary N) is 1. The van der Waals surface area contributed by atoms with Crippen LogP contribution in [0.4, 0.5) is 4.39 Å². The molecule has 0 aliphatic carbocycles. The molecular weight excluding hydrogens is 405 g/mol. The Bertz CT molecular complexity index is 966. The lowest BCUT2D eigenvalue weighted by Gasteiger charge is -2.06. The van der Waals surface area contributed by atoms with Gasteiger partial charge in [0, 0.05) is 22.0 Å². The number of benzene rings is 2. The van der Waals surface area contributed by atoms with Gasteiger partial charge in [-0.15, -0.1) is 0 Å². The van der Waals surface area contributed by atoms with E-state index in [0.717, 1.165) is 15.4 Å². The highest BCUT2D eigenvalue weighted by atomic mass is 79.9. The largest absolute Gasteiger partial charge is 0.450 e. The van der Waals surface area contributed by atoms with Crippen LogP contribution >= 0.6 is 15.9 Å². The first kappa shape index (κ1) is 18.1. The minimum Gasteiger partial charge on any atom is -0.450 e. The van der Waals surface area contributed by atoms with Crippen molar-refractivity contribution in [3.05, 3.63) is 69.6 Å². The average molecular weight is 420 g/mol. The van der Waals surface area contributed by atoms with Crippen LogP contribution in [-0.4, -0.2) is 18.5 Å². The summed E-state index contributed by atoms with van der Waals surface area (Å²) < 4.78 is 24.2. The van der Waals surface area contributed by atoms with Gasteiger partial charge in [-0.2, -0.15) is 0 Å². The van der Waals surface area contributed by atoms with Crippen LogP contribution in [0.3, 0.4) is 0 Å². The zero-order chi connectivity index (χ0) is 18.7. The lowest BCUT2D eigenvalue weighted by atomic mass is 10.1. The molecule has 1 aromatic heterocycles. The summed E-state index contributed by atoms with van der Waals surface area (Å²) in [5.74, 6) is -1.43. The van der Waals surface area contributed by atoms with E-state index in [0.29, 0.717) is 11.1 Å². The Morgan fingerprint density at radius 1 is 1.19 bits per heavy atom. The molecule has 26 heavy (non-hydrogen) atoms. The SMILES string of the molecule is Cc1c(C(=O)OCC(=O)NCc2ccc(F)cc2)oc2ccc(Br)cc12. The fraction of sp³-hybridized carbons (Fsp3) is 0.158. The molecule has 0 spiro atoms. The maximum Gasteiger partial charge on any atom is 0.375 e. The van der Waals surface area contributed by atoms with E-state index in [1.165, 1.54) is 12.1 Å². The van der Waals surface area contributed by atoms with Crippen LogP contribution in [0.15, 0.2) is 51.4 Å². The van der Waals surface area contributed by atoms with Crippen molar-refractivity contribution in [1.82, 2.24) is 5.32 Å². The summed E-state index contributed by atoms with van der Waals surface area (Å²) in [7, 11) is 0. The van der Waals surface area contributed by atoms with Gasteiger partial charge < -0.3 is 14.5 Å². The maximum atomic E-state index is 12.8. The standard InChI is InChI=1S/C19H15BrFNO4/c1-11-15-8-13(20)4-7-16(15)26-18(11)19(24)25-10-17(23)22-9-12-2-5-14(21)6-3-12/h2-8H,9-10H2,1H3,(H,22,23). The smallest absolute Gasteiger partial charge is 0.375 e. The first-order valence-corrected chi connectivity index (χ1v) is 8.60. The Labute approximate surface area is 157 Å². The molecule has 7 heteroatoms. The van der Waals surface area contributed by atoms with Gasteiger partial charge in [0.05, 0.1) is 0 Å². The summed E-state index contributed by atoms with van der Waals surface area (Å²) in [4.78, 5) is 24.0. The van der Waals surface area contributed by atoms with Gasteiger partial charge in [0.2, 0.25) is 5.76 Å². The van der Waals surface area contributed by atoms with E-state index in [1.807, 2.05) is 12.1 Å². The first-order chi connectivity index (χ1) is 12.4. The monoisotopic (exact) mass is 419 g/mol. The molecule has 0 aliphatic heterocycles. The second-order valence-electron chi connectivity index (χ2n) is 5.68. The number of carbonyl (C=O) groups excluding carboxylic acids is 2. The van der Waals surface area contributed by atoms with Gasteiger partial charge in [-0.1, -0.05) is 28.1 Å². The van der Waals surface area contributed by atoms with Gasteiger partial charge >= 0.3 is 5.97 Å². The van der Waals surface area contributed by atoms with E-state index >= 15 is 0 Å². The van der Waals surface area contributed by atoms with Gasteiger partial charge in [-0.3, -0.25) is 4.79 Å². The van der Waals surface area contributed by atoms with Crippen LogP contribution in [0.1, 0.15) is 21.7 Å². The fourth-order valence-electron chi connectivity index (χ4n) is 2.44. The van der Waals surface area contributed by atoms with Crippen molar-refractivity contribution in [2.75, 3.05) is 6.61 Å². The van der Waals surface area contributed by atoms with Crippen molar-refractivity contribution in [3.8, 4) is 0 Å². The molecule has 0 saturated heterocycles. The Balaban J connectivity index is 1.57. The highest BCUT2D eigenvalue weighted by Crippen LogP contribution is 2.28. The second-order valence-corrected chi connectivity index (χ2v) is 6.59. The van der Waals surface area contributed by atoms with Gasteiger partial charge in [0.15, 0.2) is 6.61 Å². The Hall–Kier alpha value is -2.67. The van der Waals surface area contributed by atoms with Crippen molar-refractivity contribution in [2.24, 2.45) is 0 Å². The topological polar surface area (TPSA) is 68.5 Å². The predicted octanol–water partition coefficient (Wildman–Crippen LogP) is 4.12. The van der Waals surface area contributed by atoms with E-state index in [9.17, 15) is 14.0 Å². The van der Waals surface area contributed by atoms with Gasteiger partial charge in [0.25, 0.3) is 5.91 Å². The number of carbonyl (C=O) groups is 2. The van der Waals surface area contributed by atoms with Crippen LogP contribution in [0.5, 0.6) is 0 Å². The molecule has 5 nitrogen and oxygen atoms in total. The Kier molecular flexibility index (Phi) is 5.37. The molecule has 0 radical (unpaired) electrons. The molecule has 0 unspecified atom stereocenters. The molecular formula is C19H15BrFNO4. The zero-order valence-electron chi connectivity index (χ0n) is 13.8.